The number of nitrogens with zero attached hydrogens (tertiary/aromatic N) is 3. The molecule has 2 fully saturated rings. The predicted octanol–water partition coefficient (Wildman–Crippen LogP) is 3.59. The molecule has 1 spiro atoms. The molecule has 2 heterocycles. The summed E-state index contributed by atoms with van der Waals surface area (Å²) in [7, 11) is 0. The van der Waals surface area contributed by atoms with Crippen LogP contribution in [0, 0.1) is 12.3 Å². The number of carbonyl (C=O) groups excluding carboxylic acids is 1. The summed E-state index contributed by atoms with van der Waals surface area (Å²) in [5.74, 6) is 0.808. The molecular formula is C19H22N4O. The first kappa shape index (κ1) is 15.1. The third kappa shape index (κ3) is 2.64. The van der Waals surface area contributed by atoms with E-state index in [-0.39, 0.29) is 11.4 Å². The standard InChI is InChI=1S/C19H22N4O/c1-14-8-11-20-17(21-14)22-18(24)23-12-16(15-6-3-2-4-7-15)19(13-23)9-5-10-19/h2-4,6-8,11,16H,5,9-10,12-13H2,1H3,(H,20,21,22,24). The first-order valence-corrected chi connectivity index (χ1v) is 8.57. The third-order valence-electron chi connectivity index (χ3n) is 5.50. The summed E-state index contributed by atoms with van der Waals surface area (Å²) < 4.78 is 0. The summed E-state index contributed by atoms with van der Waals surface area (Å²) in [4.78, 5) is 23.0. The molecule has 24 heavy (non-hydrogen) atoms. The Morgan fingerprint density at radius 3 is 2.71 bits per heavy atom. The van der Waals surface area contributed by atoms with Gasteiger partial charge < -0.3 is 4.90 Å². The first-order chi connectivity index (χ1) is 11.7. The molecule has 1 saturated carbocycles. The number of urea groups is 1. The summed E-state index contributed by atoms with van der Waals surface area (Å²) in [5.41, 5.74) is 2.45. The molecule has 1 unspecified atom stereocenters. The topological polar surface area (TPSA) is 58.1 Å². The van der Waals surface area contributed by atoms with Crippen molar-refractivity contribution in [3.05, 3.63) is 53.9 Å². The molecule has 1 aromatic carbocycles. The van der Waals surface area contributed by atoms with Gasteiger partial charge in [0.1, 0.15) is 0 Å². The van der Waals surface area contributed by atoms with Gasteiger partial charge in [0, 0.05) is 30.9 Å². The number of amides is 2. The fourth-order valence-electron chi connectivity index (χ4n) is 4.09. The van der Waals surface area contributed by atoms with Crippen LogP contribution in [0.4, 0.5) is 10.7 Å². The molecule has 5 heteroatoms. The molecule has 1 N–H and O–H groups in total. The SMILES string of the molecule is Cc1ccnc(NC(=O)N2CC(c3ccccc3)C3(CCC3)C2)n1. The summed E-state index contributed by atoms with van der Waals surface area (Å²) in [6, 6.07) is 12.3. The molecule has 5 nitrogen and oxygen atoms in total. The van der Waals surface area contributed by atoms with Crippen molar-refractivity contribution < 1.29 is 4.79 Å². The Morgan fingerprint density at radius 2 is 2.04 bits per heavy atom. The highest BCUT2D eigenvalue weighted by molar-refractivity contribution is 5.87. The Labute approximate surface area is 142 Å². The van der Waals surface area contributed by atoms with Gasteiger partial charge in [-0.3, -0.25) is 5.32 Å². The molecule has 1 aliphatic heterocycles. The van der Waals surface area contributed by atoms with E-state index in [1.807, 2.05) is 24.0 Å². The van der Waals surface area contributed by atoms with E-state index in [1.165, 1.54) is 24.8 Å². The number of carbonyl (C=O) groups is 1. The summed E-state index contributed by atoms with van der Waals surface area (Å²) in [6.45, 7) is 3.48. The van der Waals surface area contributed by atoms with Gasteiger partial charge in [0.05, 0.1) is 0 Å². The molecule has 0 radical (unpaired) electrons. The highest BCUT2D eigenvalue weighted by Crippen LogP contribution is 2.55. The number of likely N-dealkylation sites (tertiary alicyclic amines) is 1. The van der Waals surface area contributed by atoms with Crippen LogP contribution in [-0.2, 0) is 0 Å². The third-order valence-corrected chi connectivity index (χ3v) is 5.50. The lowest BCUT2D eigenvalue weighted by Gasteiger charge is -2.42. The molecule has 1 aliphatic carbocycles. The Bertz CT molecular complexity index is 742. The summed E-state index contributed by atoms with van der Waals surface area (Å²) in [5, 5.41) is 2.85. The van der Waals surface area contributed by atoms with E-state index in [0.717, 1.165) is 18.8 Å². The molecule has 4 rings (SSSR count). The van der Waals surface area contributed by atoms with Gasteiger partial charge in [-0.25, -0.2) is 14.8 Å². The number of hydrogen-bond acceptors (Lipinski definition) is 3. The number of benzene rings is 1. The van der Waals surface area contributed by atoms with Gasteiger partial charge in [-0.1, -0.05) is 36.8 Å². The van der Waals surface area contributed by atoms with E-state index in [9.17, 15) is 4.79 Å². The van der Waals surface area contributed by atoms with Crippen LogP contribution < -0.4 is 5.32 Å². The zero-order valence-electron chi connectivity index (χ0n) is 13.9. The van der Waals surface area contributed by atoms with Gasteiger partial charge in [-0.05, 0) is 36.8 Å². The Kier molecular flexibility index (Phi) is 3.71. The van der Waals surface area contributed by atoms with Crippen LogP contribution in [0.1, 0.15) is 36.4 Å². The molecule has 1 atom stereocenters. The van der Waals surface area contributed by atoms with Crippen LogP contribution >= 0.6 is 0 Å². The van der Waals surface area contributed by atoms with Gasteiger partial charge in [-0.15, -0.1) is 0 Å². The van der Waals surface area contributed by atoms with E-state index >= 15 is 0 Å². The summed E-state index contributed by atoms with van der Waals surface area (Å²) >= 11 is 0. The average molecular weight is 322 g/mol. The zero-order valence-corrected chi connectivity index (χ0v) is 13.9. The minimum absolute atomic E-state index is 0.0923. The van der Waals surface area contributed by atoms with Gasteiger partial charge in [0.2, 0.25) is 5.95 Å². The van der Waals surface area contributed by atoms with E-state index < -0.39 is 0 Å². The van der Waals surface area contributed by atoms with Gasteiger partial charge in [-0.2, -0.15) is 0 Å². The van der Waals surface area contributed by atoms with E-state index in [4.69, 9.17) is 0 Å². The van der Waals surface area contributed by atoms with Crippen molar-refractivity contribution >= 4 is 12.0 Å². The number of aromatic nitrogens is 2. The number of aryl methyl sites for hydroxylation is 1. The maximum absolute atomic E-state index is 12.7. The normalized spacial score (nSPS) is 21.5. The molecule has 1 saturated heterocycles. The van der Waals surface area contributed by atoms with Crippen molar-refractivity contribution in [1.82, 2.24) is 14.9 Å². The predicted molar refractivity (Wildman–Crippen MR) is 92.8 cm³/mol. The summed E-state index contributed by atoms with van der Waals surface area (Å²) in [6.07, 6.45) is 5.34. The smallest absolute Gasteiger partial charge is 0.323 e. The average Bonchev–Trinajstić information content (AvgIpc) is 2.97. The Hall–Kier alpha value is -2.43. The second-order valence-corrected chi connectivity index (χ2v) is 7.01. The molecule has 0 bridgehead atoms. The first-order valence-electron chi connectivity index (χ1n) is 8.57. The monoisotopic (exact) mass is 322 g/mol. The van der Waals surface area contributed by atoms with Crippen molar-refractivity contribution in [1.29, 1.82) is 0 Å². The van der Waals surface area contributed by atoms with Crippen molar-refractivity contribution in [3.63, 3.8) is 0 Å². The molecule has 2 aromatic rings. The zero-order chi connectivity index (χ0) is 16.6. The molecule has 2 amide bonds. The lowest BCUT2D eigenvalue weighted by atomic mass is 9.61. The molecular weight excluding hydrogens is 300 g/mol. The highest BCUT2D eigenvalue weighted by Gasteiger charge is 2.51. The van der Waals surface area contributed by atoms with E-state index in [2.05, 4.69) is 39.6 Å². The van der Waals surface area contributed by atoms with Crippen LogP contribution in [0.3, 0.4) is 0 Å². The van der Waals surface area contributed by atoms with Gasteiger partial charge in [0.15, 0.2) is 0 Å². The molecule has 124 valence electrons. The number of anilines is 1. The van der Waals surface area contributed by atoms with Crippen LogP contribution in [0.2, 0.25) is 0 Å². The van der Waals surface area contributed by atoms with Gasteiger partial charge >= 0.3 is 6.03 Å². The minimum Gasteiger partial charge on any atom is -0.323 e. The van der Waals surface area contributed by atoms with Crippen molar-refractivity contribution in [2.45, 2.75) is 32.1 Å². The molecule has 1 aromatic heterocycles. The number of hydrogen-bond donors (Lipinski definition) is 1. The quantitative estimate of drug-likeness (QED) is 0.919. The lowest BCUT2D eigenvalue weighted by molar-refractivity contribution is 0.125. The largest absolute Gasteiger partial charge is 0.324 e. The van der Waals surface area contributed by atoms with Crippen LogP contribution in [0.5, 0.6) is 0 Å². The molecule has 2 aliphatic rings. The fraction of sp³-hybridized carbons (Fsp3) is 0.421. The van der Waals surface area contributed by atoms with Crippen molar-refractivity contribution in [3.8, 4) is 0 Å². The fourth-order valence-corrected chi connectivity index (χ4v) is 4.09. The lowest BCUT2D eigenvalue weighted by Crippen LogP contribution is -2.39. The highest BCUT2D eigenvalue weighted by atomic mass is 16.2. The second kappa shape index (κ2) is 5.89. The van der Waals surface area contributed by atoms with Crippen LogP contribution in [-0.4, -0.2) is 34.0 Å². The number of rotatable bonds is 2. The maximum atomic E-state index is 12.7. The second-order valence-electron chi connectivity index (χ2n) is 7.01. The number of nitrogens with one attached hydrogen (secondary N) is 1. The Balaban J connectivity index is 1.52. The minimum atomic E-state index is -0.0923. The van der Waals surface area contributed by atoms with Crippen LogP contribution in [0.25, 0.3) is 0 Å². The van der Waals surface area contributed by atoms with Gasteiger partial charge in [0.25, 0.3) is 0 Å². The van der Waals surface area contributed by atoms with Crippen molar-refractivity contribution in [2.75, 3.05) is 18.4 Å². The van der Waals surface area contributed by atoms with E-state index in [0.29, 0.717) is 11.9 Å². The van der Waals surface area contributed by atoms with Crippen LogP contribution in [0.15, 0.2) is 42.6 Å². The Morgan fingerprint density at radius 1 is 1.25 bits per heavy atom. The maximum Gasteiger partial charge on any atom is 0.324 e. The van der Waals surface area contributed by atoms with Crippen molar-refractivity contribution in [2.24, 2.45) is 5.41 Å². The van der Waals surface area contributed by atoms with E-state index in [1.54, 1.807) is 6.20 Å².